The van der Waals surface area contributed by atoms with Crippen LogP contribution in [0.3, 0.4) is 0 Å². The smallest absolute Gasteiger partial charge is 0.416 e. The molecule has 0 radical (unpaired) electrons. The molecule has 8 heteroatoms. The maximum absolute atomic E-state index is 13.2. The zero-order chi connectivity index (χ0) is 21.6. The molecule has 1 fully saturated rings. The van der Waals surface area contributed by atoms with Gasteiger partial charge in [-0.3, -0.25) is 4.79 Å². The number of hydrogen-bond acceptors (Lipinski definition) is 3. The summed E-state index contributed by atoms with van der Waals surface area (Å²) >= 11 is 0. The van der Waals surface area contributed by atoms with Crippen LogP contribution in [0.5, 0.6) is 5.75 Å². The van der Waals surface area contributed by atoms with Gasteiger partial charge in [0.2, 0.25) is 0 Å². The van der Waals surface area contributed by atoms with Gasteiger partial charge in [0.1, 0.15) is 12.3 Å². The Labute approximate surface area is 174 Å². The third kappa shape index (κ3) is 5.89. The van der Waals surface area contributed by atoms with Gasteiger partial charge in [-0.2, -0.15) is 13.2 Å². The quantitative estimate of drug-likeness (QED) is 0.719. The molecule has 5 nitrogen and oxygen atoms in total. The van der Waals surface area contributed by atoms with E-state index in [9.17, 15) is 18.0 Å². The van der Waals surface area contributed by atoms with Crippen molar-refractivity contribution in [1.82, 2.24) is 0 Å². The molecular formula is C22H27F3N3O2+. The molecule has 162 valence electrons. The topological polar surface area (TPSA) is 58.2 Å². The number of halogens is 3. The molecule has 1 saturated heterocycles. The molecule has 0 aromatic heterocycles. The fraction of sp³-hybridized carbons (Fsp3) is 0.409. The number of ether oxygens (including phenoxy) is 1. The van der Waals surface area contributed by atoms with Crippen molar-refractivity contribution in [3.8, 4) is 5.75 Å². The van der Waals surface area contributed by atoms with Crippen LogP contribution in [0.15, 0.2) is 42.5 Å². The molecule has 1 aliphatic rings. The van der Waals surface area contributed by atoms with E-state index in [0.717, 1.165) is 55.8 Å². The Balaban J connectivity index is 1.65. The lowest BCUT2D eigenvalue weighted by atomic mass is 10.1. The van der Waals surface area contributed by atoms with Crippen LogP contribution >= 0.6 is 0 Å². The fourth-order valence-electron chi connectivity index (χ4n) is 3.56. The number of nitrogens with zero attached hydrogens (tertiary/aromatic N) is 1. The van der Waals surface area contributed by atoms with E-state index < -0.39 is 11.7 Å². The number of methoxy groups -OCH3 is 1. The molecule has 2 aromatic carbocycles. The van der Waals surface area contributed by atoms with Gasteiger partial charge in [-0.25, -0.2) is 0 Å². The first-order valence-electron chi connectivity index (χ1n) is 10.1. The largest absolute Gasteiger partial charge is 0.497 e. The molecule has 1 amide bonds. The van der Waals surface area contributed by atoms with Crippen LogP contribution in [0.4, 0.5) is 24.5 Å². The van der Waals surface area contributed by atoms with Crippen molar-refractivity contribution in [3.05, 3.63) is 53.6 Å². The molecule has 0 atom stereocenters. The van der Waals surface area contributed by atoms with E-state index in [1.807, 2.05) is 34.5 Å². The van der Waals surface area contributed by atoms with E-state index in [4.69, 9.17) is 4.74 Å². The van der Waals surface area contributed by atoms with E-state index in [1.165, 1.54) is 6.07 Å². The lowest BCUT2D eigenvalue weighted by molar-refractivity contribution is -0.659. The summed E-state index contributed by atoms with van der Waals surface area (Å²) in [6, 6.07) is 11.1. The zero-order valence-corrected chi connectivity index (χ0v) is 17.0. The predicted octanol–water partition coefficient (Wildman–Crippen LogP) is 3.41. The number of anilines is 2. The van der Waals surface area contributed by atoms with Gasteiger partial charge in [0.05, 0.1) is 24.0 Å². The van der Waals surface area contributed by atoms with Crippen molar-refractivity contribution >= 4 is 17.3 Å². The molecule has 30 heavy (non-hydrogen) atoms. The summed E-state index contributed by atoms with van der Waals surface area (Å²) in [5.41, 5.74) is 1.12. The standard InChI is InChI=1S/C22H26F3N3O2/c1-30-18-8-5-16(6-9-18)14-26-15-21(29)27-19-13-17(22(23,24)25)7-10-20(19)28-11-3-2-4-12-28/h5-10,13,26H,2-4,11-12,14-15H2,1H3,(H,27,29)/p+1. The highest BCUT2D eigenvalue weighted by Crippen LogP contribution is 2.36. The van der Waals surface area contributed by atoms with Crippen molar-refractivity contribution < 1.29 is 28.0 Å². The molecule has 2 aromatic rings. The van der Waals surface area contributed by atoms with Crippen molar-refractivity contribution in [1.29, 1.82) is 0 Å². The SMILES string of the molecule is COc1ccc(C[NH2+]CC(=O)Nc2cc(C(F)(F)F)ccc2N2CCCCC2)cc1. The molecule has 3 N–H and O–H groups in total. The second-order valence-corrected chi connectivity index (χ2v) is 7.37. The van der Waals surface area contributed by atoms with E-state index in [-0.39, 0.29) is 18.1 Å². The molecule has 0 bridgehead atoms. The van der Waals surface area contributed by atoms with Crippen molar-refractivity contribution in [2.24, 2.45) is 0 Å². The van der Waals surface area contributed by atoms with Gasteiger partial charge < -0.3 is 20.3 Å². The monoisotopic (exact) mass is 422 g/mol. The number of benzene rings is 2. The highest BCUT2D eigenvalue weighted by molar-refractivity contribution is 5.95. The van der Waals surface area contributed by atoms with Crippen LogP contribution in [-0.2, 0) is 17.5 Å². The summed E-state index contributed by atoms with van der Waals surface area (Å²) < 4.78 is 44.7. The summed E-state index contributed by atoms with van der Waals surface area (Å²) in [6.07, 6.45) is -1.37. The molecule has 3 rings (SSSR count). The molecule has 0 unspecified atom stereocenters. The first-order chi connectivity index (χ1) is 14.4. The minimum atomic E-state index is -4.46. The van der Waals surface area contributed by atoms with Gasteiger partial charge in [0, 0.05) is 18.7 Å². The maximum Gasteiger partial charge on any atom is 0.416 e. The molecule has 0 aliphatic carbocycles. The summed E-state index contributed by atoms with van der Waals surface area (Å²) in [5.74, 6) is 0.423. The second-order valence-electron chi connectivity index (χ2n) is 7.37. The number of rotatable bonds is 7. The first kappa shape index (κ1) is 22.0. The highest BCUT2D eigenvalue weighted by atomic mass is 19.4. The number of nitrogens with two attached hydrogens (primary N) is 1. The van der Waals surface area contributed by atoms with Gasteiger partial charge >= 0.3 is 6.18 Å². The van der Waals surface area contributed by atoms with Crippen LogP contribution < -0.4 is 20.3 Å². The minimum Gasteiger partial charge on any atom is -0.497 e. The van der Waals surface area contributed by atoms with Crippen LogP contribution in [0.2, 0.25) is 0 Å². The summed E-state index contributed by atoms with van der Waals surface area (Å²) in [5, 5.41) is 4.50. The van der Waals surface area contributed by atoms with Crippen LogP contribution in [-0.4, -0.2) is 32.7 Å². The Morgan fingerprint density at radius 2 is 1.80 bits per heavy atom. The number of quaternary nitrogens is 1. The molecule has 0 saturated carbocycles. The third-order valence-electron chi connectivity index (χ3n) is 5.16. The molecule has 0 spiro atoms. The number of piperidine rings is 1. The third-order valence-corrected chi connectivity index (χ3v) is 5.16. The average Bonchev–Trinajstić information content (AvgIpc) is 2.74. The van der Waals surface area contributed by atoms with E-state index in [0.29, 0.717) is 12.2 Å². The first-order valence-corrected chi connectivity index (χ1v) is 10.1. The van der Waals surface area contributed by atoms with Crippen LogP contribution in [0.25, 0.3) is 0 Å². The van der Waals surface area contributed by atoms with Crippen molar-refractivity contribution in [2.75, 3.05) is 37.0 Å². The van der Waals surface area contributed by atoms with Gasteiger partial charge in [0.15, 0.2) is 6.54 Å². The Bertz CT molecular complexity index is 848. The lowest BCUT2D eigenvalue weighted by Crippen LogP contribution is -2.84. The van der Waals surface area contributed by atoms with E-state index in [2.05, 4.69) is 5.32 Å². The normalized spacial score (nSPS) is 14.5. The molecular weight excluding hydrogens is 395 g/mol. The van der Waals surface area contributed by atoms with Gasteiger partial charge in [0.25, 0.3) is 5.91 Å². The predicted molar refractivity (Wildman–Crippen MR) is 110 cm³/mol. The van der Waals surface area contributed by atoms with Gasteiger partial charge in [-0.15, -0.1) is 0 Å². The van der Waals surface area contributed by atoms with Crippen molar-refractivity contribution in [2.45, 2.75) is 32.0 Å². The number of carbonyl (C=O) groups is 1. The molecule has 1 aliphatic heterocycles. The maximum atomic E-state index is 13.2. The summed E-state index contributed by atoms with van der Waals surface area (Å²) in [6.45, 7) is 2.25. The van der Waals surface area contributed by atoms with E-state index in [1.54, 1.807) is 7.11 Å². The fourth-order valence-corrected chi connectivity index (χ4v) is 3.56. The highest BCUT2D eigenvalue weighted by Gasteiger charge is 2.32. The number of carbonyl (C=O) groups excluding carboxylic acids is 1. The van der Waals surface area contributed by atoms with Crippen molar-refractivity contribution in [3.63, 3.8) is 0 Å². The van der Waals surface area contributed by atoms with Gasteiger partial charge in [-0.05, 0) is 61.7 Å². The van der Waals surface area contributed by atoms with Crippen LogP contribution in [0, 0.1) is 0 Å². The van der Waals surface area contributed by atoms with Crippen LogP contribution in [0.1, 0.15) is 30.4 Å². The Morgan fingerprint density at radius 3 is 2.43 bits per heavy atom. The van der Waals surface area contributed by atoms with Gasteiger partial charge in [-0.1, -0.05) is 0 Å². The summed E-state index contributed by atoms with van der Waals surface area (Å²) in [4.78, 5) is 14.5. The Hall–Kier alpha value is -2.74. The average molecular weight is 422 g/mol. The number of amides is 1. The number of nitrogens with one attached hydrogen (secondary N) is 1. The molecule has 1 heterocycles. The lowest BCUT2D eigenvalue weighted by Gasteiger charge is -2.31. The Morgan fingerprint density at radius 1 is 1.10 bits per heavy atom. The number of hydrogen-bond donors (Lipinski definition) is 2. The zero-order valence-electron chi connectivity index (χ0n) is 17.0. The second kappa shape index (κ2) is 9.84. The van der Waals surface area contributed by atoms with E-state index >= 15 is 0 Å². The minimum absolute atomic E-state index is 0.113. The number of alkyl halides is 3. The summed E-state index contributed by atoms with van der Waals surface area (Å²) in [7, 11) is 1.59. The Kier molecular flexibility index (Phi) is 7.20.